The summed E-state index contributed by atoms with van der Waals surface area (Å²) in [5, 5.41) is 3.70. The van der Waals surface area contributed by atoms with Crippen molar-refractivity contribution in [3.8, 4) is 0 Å². The molecular weight excluding hydrogens is 208 g/mol. The van der Waals surface area contributed by atoms with Crippen LogP contribution >= 0.6 is 0 Å². The summed E-state index contributed by atoms with van der Waals surface area (Å²) in [5.74, 6) is 1.56. The number of nitrogens with zero attached hydrogens (tertiary/aromatic N) is 1. The van der Waals surface area contributed by atoms with E-state index in [2.05, 4.69) is 51.8 Å². The van der Waals surface area contributed by atoms with Crippen LogP contribution in [0.5, 0.6) is 0 Å². The molecule has 0 bridgehead atoms. The maximum absolute atomic E-state index is 3.70. The minimum atomic E-state index is 0.313. The fourth-order valence-electron chi connectivity index (χ4n) is 2.77. The fraction of sp³-hybridized carbons (Fsp3) is 1.00. The first-order valence-electron chi connectivity index (χ1n) is 7.35. The van der Waals surface area contributed by atoms with Crippen molar-refractivity contribution in [1.82, 2.24) is 10.2 Å². The molecule has 1 heterocycles. The minimum absolute atomic E-state index is 0.313. The molecule has 1 saturated heterocycles. The summed E-state index contributed by atoms with van der Waals surface area (Å²) < 4.78 is 0. The first-order valence-corrected chi connectivity index (χ1v) is 7.35. The van der Waals surface area contributed by atoms with Gasteiger partial charge >= 0.3 is 0 Å². The summed E-state index contributed by atoms with van der Waals surface area (Å²) in [7, 11) is 0. The van der Waals surface area contributed by atoms with Gasteiger partial charge in [-0.15, -0.1) is 0 Å². The largest absolute Gasteiger partial charge is 0.311 e. The van der Waals surface area contributed by atoms with E-state index in [1.165, 1.54) is 25.9 Å². The second-order valence-corrected chi connectivity index (χ2v) is 6.84. The van der Waals surface area contributed by atoms with Crippen LogP contribution in [0, 0.1) is 11.8 Å². The third kappa shape index (κ3) is 4.26. The molecule has 1 fully saturated rings. The Hall–Kier alpha value is -0.0800. The van der Waals surface area contributed by atoms with E-state index >= 15 is 0 Å². The Labute approximate surface area is 108 Å². The van der Waals surface area contributed by atoms with Gasteiger partial charge in [-0.05, 0) is 32.1 Å². The summed E-state index contributed by atoms with van der Waals surface area (Å²) in [6.45, 7) is 17.7. The molecule has 2 atom stereocenters. The van der Waals surface area contributed by atoms with Crippen LogP contribution in [-0.2, 0) is 0 Å². The monoisotopic (exact) mass is 240 g/mol. The van der Waals surface area contributed by atoms with Crippen molar-refractivity contribution >= 4 is 0 Å². The van der Waals surface area contributed by atoms with Crippen LogP contribution < -0.4 is 5.32 Å². The van der Waals surface area contributed by atoms with Crippen LogP contribution in [0.3, 0.4) is 0 Å². The van der Waals surface area contributed by atoms with Crippen LogP contribution in [0.25, 0.3) is 0 Å². The van der Waals surface area contributed by atoms with E-state index in [0.717, 1.165) is 18.4 Å². The highest BCUT2D eigenvalue weighted by molar-refractivity contribution is 4.94. The highest BCUT2D eigenvalue weighted by atomic mass is 15.3. The molecule has 17 heavy (non-hydrogen) atoms. The van der Waals surface area contributed by atoms with E-state index in [-0.39, 0.29) is 0 Å². The maximum atomic E-state index is 3.70. The van der Waals surface area contributed by atoms with Crippen molar-refractivity contribution in [1.29, 1.82) is 0 Å². The van der Waals surface area contributed by atoms with Crippen molar-refractivity contribution in [2.24, 2.45) is 11.8 Å². The second kappa shape index (κ2) is 6.19. The molecule has 0 aromatic carbocycles. The first kappa shape index (κ1) is 15.0. The molecule has 102 valence electrons. The predicted molar refractivity (Wildman–Crippen MR) is 76.4 cm³/mol. The Balaban J connectivity index is 2.58. The van der Waals surface area contributed by atoms with Crippen molar-refractivity contribution < 1.29 is 0 Å². The zero-order chi connectivity index (χ0) is 13.1. The van der Waals surface area contributed by atoms with Crippen LogP contribution in [0.4, 0.5) is 0 Å². The van der Waals surface area contributed by atoms with Crippen LogP contribution in [0.1, 0.15) is 54.4 Å². The normalized spacial score (nSPS) is 27.4. The molecule has 0 aromatic rings. The molecule has 1 rings (SSSR count). The van der Waals surface area contributed by atoms with E-state index < -0.39 is 0 Å². The summed E-state index contributed by atoms with van der Waals surface area (Å²) in [6.07, 6.45) is 2.66. The van der Waals surface area contributed by atoms with E-state index in [0.29, 0.717) is 11.6 Å². The highest BCUT2D eigenvalue weighted by Crippen LogP contribution is 2.23. The van der Waals surface area contributed by atoms with Crippen molar-refractivity contribution in [2.75, 3.05) is 19.6 Å². The SMILES string of the molecule is CCCC(C)CN1CC(C(C)C)NCC1(C)C. The van der Waals surface area contributed by atoms with E-state index in [4.69, 9.17) is 0 Å². The molecule has 0 spiro atoms. The Morgan fingerprint density at radius 3 is 2.47 bits per heavy atom. The zero-order valence-corrected chi connectivity index (χ0v) is 12.7. The van der Waals surface area contributed by atoms with Crippen LogP contribution in [0.15, 0.2) is 0 Å². The fourth-order valence-corrected chi connectivity index (χ4v) is 2.77. The van der Waals surface area contributed by atoms with E-state index in [1.54, 1.807) is 0 Å². The summed E-state index contributed by atoms with van der Waals surface area (Å²) in [5.41, 5.74) is 0.313. The summed E-state index contributed by atoms with van der Waals surface area (Å²) >= 11 is 0. The molecule has 0 saturated carbocycles. The Bertz CT molecular complexity index is 223. The van der Waals surface area contributed by atoms with Gasteiger partial charge in [-0.3, -0.25) is 4.90 Å². The van der Waals surface area contributed by atoms with Gasteiger partial charge in [0.2, 0.25) is 0 Å². The van der Waals surface area contributed by atoms with Gasteiger partial charge in [0.1, 0.15) is 0 Å². The molecule has 0 amide bonds. The van der Waals surface area contributed by atoms with Crippen LogP contribution in [0.2, 0.25) is 0 Å². The van der Waals surface area contributed by atoms with Gasteiger partial charge in [0.25, 0.3) is 0 Å². The topological polar surface area (TPSA) is 15.3 Å². The molecule has 0 aliphatic carbocycles. The predicted octanol–water partition coefficient (Wildman–Crippen LogP) is 3.13. The van der Waals surface area contributed by atoms with Gasteiger partial charge in [-0.2, -0.15) is 0 Å². The average molecular weight is 240 g/mol. The van der Waals surface area contributed by atoms with Crippen molar-refractivity contribution in [3.05, 3.63) is 0 Å². The van der Waals surface area contributed by atoms with E-state index in [1.807, 2.05) is 0 Å². The molecule has 2 heteroatoms. The Kier molecular flexibility index (Phi) is 5.46. The number of piperazine rings is 1. The van der Waals surface area contributed by atoms with Gasteiger partial charge < -0.3 is 5.32 Å². The number of hydrogen-bond donors (Lipinski definition) is 1. The standard InChI is InChI=1S/C15H32N2/c1-7-8-13(4)9-17-10-14(12(2)3)16-11-15(17,5)6/h12-14,16H,7-11H2,1-6H3. The maximum Gasteiger partial charge on any atom is 0.0278 e. The average Bonchev–Trinajstić information content (AvgIpc) is 2.21. The van der Waals surface area contributed by atoms with Crippen molar-refractivity contribution in [3.63, 3.8) is 0 Å². The lowest BCUT2D eigenvalue weighted by atomic mass is 9.91. The van der Waals surface area contributed by atoms with E-state index in [9.17, 15) is 0 Å². The van der Waals surface area contributed by atoms with Crippen molar-refractivity contribution in [2.45, 2.75) is 66.0 Å². The molecule has 0 radical (unpaired) electrons. The quantitative estimate of drug-likeness (QED) is 0.794. The zero-order valence-electron chi connectivity index (χ0n) is 12.7. The first-order chi connectivity index (χ1) is 7.86. The van der Waals surface area contributed by atoms with Gasteiger partial charge in [0.05, 0.1) is 0 Å². The molecule has 1 aliphatic heterocycles. The number of nitrogens with one attached hydrogen (secondary N) is 1. The third-order valence-corrected chi connectivity index (χ3v) is 4.19. The lowest BCUT2D eigenvalue weighted by Crippen LogP contribution is -2.63. The molecule has 1 aliphatic rings. The summed E-state index contributed by atoms with van der Waals surface area (Å²) in [6, 6.07) is 0.664. The molecule has 1 N–H and O–H groups in total. The molecule has 0 aromatic heterocycles. The molecule has 2 unspecified atom stereocenters. The summed E-state index contributed by atoms with van der Waals surface area (Å²) in [4.78, 5) is 2.70. The molecule has 2 nitrogen and oxygen atoms in total. The Morgan fingerprint density at radius 2 is 1.94 bits per heavy atom. The minimum Gasteiger partial charge on any atom is -0.311 e. The number of hydrogen-bond acceptors (Lipinski definition) is 2. The number of rotatable bonds is 5. The lowest BCUT2D eigenvalue weighted by Gasteiger charge is -2.48. The third-order valence-electron chi connectivity index (χ3n) is 4.19. The Morgan fingerprint density at radius 1 is 1.29 bits per heavy atom. The van der Waals surface area contributed by atoms with Gasteiger partial charge in [-0.25, -0.2) is 0 Å². The highest BCUT2D eigenvalue weighted by Gasteiger charge is 2.35. The lowest BCUT2D eigenvalue weighted by molar-refractivity contribution is 0.0414. The van der Waals surface area contributed by atoms with Gasteiger partial charge in [0, 0.05) is 31.2 Å². The molecular formula is C15H32N2. The second-order valence-electron chi connectivity index (χ2n) is 6.84. The smallest absolute Gasteiger partial charge is 0.0278 e. The van der Waals surface area contributed by atoms with Gasteiger partial charge in [0.15, 0.2) is 0 Å². The van der Waals surface area contributed by atoms with Crippen LogP contribution in [-0.4, -0.2) is 36.1 Å². The van der Waals surface area contributed by atoms with Gasteiger partial charge in [-0.1, -0.05) is 34.1 Å².